The Kier molecular flexibility index (Phi) is 5.13. The Bertz CT molecular complexity index is 759. The van der Waals surface area contributed by atoms with Crippen molar-refractivity contribution >= 4 is 21.9 Å². The minimum atomic E-state index is -0.657. The van der Waals surface area contributed by atoms with E-state index in [0.29, 0.717) is 19.0 Å². The highest BCUT2D eigenvalue weighted by atomic mass is 79.9. The molecule has 0 unspecified atom stereocenters. The SMILES string of the molecule is COC(=O)c1ccc(Oc2ccc(Br)c(C3OCCO3)c2)c(F)c1. The third-order valence-corrected chi connectivity index (χ3v) is 4.15. The van der Waals surface area contributed by atoms with Crippen molar-refractivity contribution in [3.63, 3.8) is 0 Å². The summed E-state index contributed by atoms with van der Waals surface area (Å²) in [5, 5.41) is 0. The molecule has 0 aliphatic carbocycles. The summed E-state index contributed by atoms with van der Waals surface area (Å²) < 4.78 is 36.0. The largest absolute Gasteiger partial charge is 0.465 e. The highest BCUT2D eigenvalue weighted by molar-refractivity contribution is 9.10. The monoisotopic (exact) mass is 396 g/mol. The lowest BCUT2D eigenvalue weighted by atomic mass is 10.2. The molecule has 0 atom stereocenters. The van der Waals surface area contributed by atoms with Crippen LogP contribution < -0.4 is 4.74 Å². The van der Waals surface area contributed by atoms with Crippen LogP contribution in [0.15, 0.2) is 40.9 Å². The molecule has 126 valence electrons. The van der Waals surface area contributed by atoms with Crippen LogP contribution in [0.5, 0.6) is 11.5 Å². The number of methoxy groups -OCH3 is 1. The van der Waals surface area contributed by atoms with Crippen molar-refractivity contribution in [2.45, 2.75) is 6.29 Å². The molecule has 1 aliphatic heterocycles. The zero-order chi connectivity index (χ0) is 17.1. The normalized spacial score (nSPS) is 14.6. The van der Waals surface area contributed by atoms with Crippen molar-refractivity contribution in [1.82, 2.24) is 0 Å². The number of hydrogen-bond acceptors (Lipinski definition) is 5. The van der Waals surface area contributed by atoms with Gasteiger partial charge in [-0.1, -0.05) is 15.9 Å². The predicted molar refractivity (Wildman–Crippen MR) is 86.6 cm³/mol. The van der Waals surface area contributed by atoms with Gasteiger partial charge in [0, 0.05) is 10.0 Å². The third-order valence-electron chi connectivity index (χ3n) is 3.42. The Hall–Kier alpha value is -1.96. The average Bonchev–Trinajstić information content (AvgIpc) is 3.12. The summed E-state index contributed by atoms with van der Waals surface area (Å²) >= 11 is 3.43. The van der Waals surface area contributed by atoms with Gasteiger partial charge in [-0.05, 0) is 36.4 Å². The molecule has 0 spiro atoms. The number of esters is 1. The second kappa shape index (κ2) is 7.29. The van der Waals surface area contributed by atoms with Gasteiger partial charge in [0.1, 0.15) is 5.75 Å². The number of carbonyl (C=O) groups is 1. The van der Waals surface area contributed by atoms with Gasteiger partial charge in [-0.3, -0.25) is 0 Å². The summed E-state index contributed by atoms with van der Waals surface area (Å²) in [4.78, 5) is 11.4. The van der Waals surface area contributed by atoms with E-state index in [2.05, 4.69) is 20.7 Å². The summed E-state index contributed by atoms with van der Waals surface area (Å²) in [7, 11) is 1.24. The first kappa shape index (κ1) is 16.9. The summed E-state index contributed by atoms with van der Waals surface area (Å²) in [6.07, 6.45) is -0.477. The lowest BCUT2D eigenvalue weighted by Crippen LogP contribution is -2.02. The Morgan fingerprint density at radius 2 is 1.96 bits per heavy atom. The minimum absolute atomic E-state index is 0.00387. The molecule has 2 aromatic rings. The number of halogens is 2. The molecular formula is C17H14BrFO5. The van der Waals surface area contributed by atoms with Gasteiger partial charge in [0.15, 0.2) is 17.9 Å². The van der Waals surface area contributed by atoms with Crippen molar-refractivity contribution < 1.29 is 28.1 Å². The molecular weight excluding hydrogens is 383 g/mol. The van der Waals surface area contributed by atoms with E-state index >= 15 is 0 Å². The second-order valence-corrected chi connectivity index (χ2v) is 5.85. The van der Waals surface area contributed by atoms with E-state index in [1.807, 2.05) is 0 Å². The predicted octanol–water partition coefficient (Wildman–Crippen LogP) is 4.21. The quantitative estimate of drug-likeness (QED) is 0.724. The highest BCUT2D eigenvalue weighted by Crippen LogP contribution is 2.34. The standard InChI is InChI=1S/C17H14BrFO5/c1-21-16(20)10-2-5-15(14(19)8-10)24-11-3-4-13(18)12(9-11)17-22-6-7-23-17/h2-5,8-9,17H,6-7H2,1H3. The highest BCUT2D eigenvalue weighted by Gasteiger charge is 2.21. The van der Waals surface area contributed by atoms with Crippen LogP contribution in [-0.2, 0) is 14.2 Å². The van der Waals surface area contributed by atoms with Crippen molar-refractivity contribution in [2.75, 3.05) is 20.3 Å². The van der Waals surface area contributed by atoms with Gasteiger partial charge in [-0.2, -0.15) is 0 Å². The van der Waals surface area contributed by atoms with Crippen LogP contribution in [0.1, 0.15) is 22.2 Å². The van der Waals surface area contributed by atoms with Crippen LogP contribution in [0.25, 0.3) is 0 Å². The van der Waals surface area contributed by atoms with Crippen molar-refractivity contribution in [3.8, 4) is 11.5 Å². The van der Waals surface area contributed by atoms with Crippen molar-refractivity contribution in [2.24, 2.45) is 0 Å². The lowest BCUT2D eigenvalue weighted by molar-refractivity contribution is -0.0447. The average molecular weight is 397 g/mol. The van der Waals surface area contributed by atoms with E-state index in [9.17, 15) is 9.18 Å². The van der Waals surface area contributed by atoms with Gasteiger partial charge in [-0.15, -0.1) is 0 Å². The molecule has 7 heteroatoms. The van der Waals surface area contributed by atoms with Crippen LogP contribution in [0.2, 0.25) is 0 Å². The van der Waals surface area contributed by atoms with E-state index in [1.54, 1.807) is 18.2 Å². The zero-order valence-electron chi connectivity index (χ0n) is 12.8. The maximum atomic E-state index is 14.1. The van der Waals surface area contributed by atoms with Gasteiger partial charge < -0.3 is 18.9 Å². The Morgan fingerprint density at radius 1 is 1.21 bits per heavy atom. The fourth-order valence-electron chi connectivity index (χ4n) is 2.26. The number of carbonyl (C=O) groups excluding carboxylic acids is 1. The topological polar surface area (TPSA) is 54.0 Å². The van der Waals surface area contributed by atoms with Crippen LogP contribution >= 0.6 is 15.9 Å². The molecule has 1 fully saturated rings. The summed E-state index contributed by atoms with van der Waals surface area (Å²) in [6.45, 7) is 1.04. The second-order valence-electron chi connectivity index (χ2n) is 5.00. The third kappa shape index (κ3) is 3.58. The van der Waals surface area contributed by atoms with Gasteiger partial charge in [-0.25, -0.2) is 9.18 Å². The Labute approximate surface area is 146 Å². The minimum Gasteiger partial charge on any atom is -0.465 e. The first-order chi connectivity index (χ1) is 11.6. The molecule has 0 amide bonds. The van der Waals surface area contributed by atoms with Gasteiger partial charge in [0.2, 0.25) is 0 Å². The number of ether oxygens (including phenoxy) is 4. The lowest BCUT2D eigenvalue weighted by Gasteiger charge is -2.14. The molecule has 0 radical (unpaired) electrons. The van der Waals surface area contributed by atoms with Crippen LogP contribution in [0.3, 0.4) is 0 Å². The van der Waals surface area contributed by atoms with Gasteiger partial charge in [0.25, 0.3) is 0 Å². The maximum absolute atomic E-state index is 14.1. The smallest absolute Gasteiger partial charge is 0.337 e. The molecule has 5 nitrogen and oxygen atoms in total. The molecule has 1 aliphatic rings. The first-order valence-electron chi connectivity index (χ1n) is 7.17. The molecule has 3 rings (SSSR count). The molecule has 1 heterocycles. The molecule has 0 saturated carbocycles. The number of benzene rings is 2. The first-order valence-corrected chi connectivity index (χ1v) is 7.96. The Balaban J connectivity index is 1.83. The molecule has 2 aromatic carbocycles. The fraction of sp³-hybridized carbons (Fsp3) is 0.235. The summed E-state index contributed by atoms with van der Waals surface area (Å²) in [5.74, 6) is -0.834. The van der Waals surface area contributed by atoms with E-state index < -0.39 is 18.1 Å². The number of hydrogen-bond donors (Lipinski definition) is 0. The van der Waals surface area contributed by atoms with Crippen LogP contribution in [0, 0.1) is 5.82 Å². The molecule has 0 bridgehead atoms. The maximum Gasteiger partial charge on any atom is 0.337 e. The van der Waals surface area contributed by atoms with E-state index in [0.717, 1.165) is 16.1 Å². The van der Waals surface area contributed by atoms with Crippen LogP contribution in [0.4, 0.5) is 4.39 Å². The van der Waals surface area contributed by atoms with Crippen LogP contribution in [-0.4, -0.2) is 26.3 Å². The van der Waals surface area contributed by atoms with E-state index in [4.69, 9.17) is 14.2 Å². The van der Waals surface area contributed by atoms with Gasteiger partial charge in [0.05, 0.1) is 25.9 Å². The van der Waals surface area contributed by atoms with Crippen molar-refractivity contribution in [3.05, 3.63) is 57.8 Å². The molecule has 1 saturated heterocycles. The summed E-state index contributed by atoms with van der Waals surface area (Å²) in [5.41, 5.74) is 0.878. The zero-order valence-corrected chi connectivity index (χ0v) is 14.3. The summed E-state index contributed by atoms with van der Waals surface area (Å²) in [6, 6.07) is 9.07. The van der Waals surface area contributed by atoms with E-state index in [1.165, 1.54) is 19.2 Å². The molecule has 0 aromatic heterocycles. The molecule has 0 N–H and O–H groups in total. The Morgan fingerprint density at radius 3 is 2.62 bits per heavy atom. The van der Waals surface area contributed by atoms with E-state index in [-0.39, 0.29) is 11.3 Å². The fourth-order valence-corrected chi connectivity index (χ4v) is 2.69. The molecule has 24 heavy (non-hydrogen) atoms. The van der Waals surface area contributed by atoms with Gasteiger partial charge >= 0.3 is 5.97 Å². The van der Waals surface area contributed by atoms with Crippen molar-refractivity contribution in [1.29, 1.82) is 0 Å². The number of rotatable bonds is 4.